The molecule has 0 fully saturated rings. The van der Waals surface area contributed by atoms with Gasteiger partial charge < -0.3 is 19.7 Å². The summed E-state index contributed by atoms with van der Waals surface area (Å²) in [5, 5.41) is 9.74. The highest BCUT2D eigenvalue weighted by molar-refractivity contribution is 5.81. The Balaban J connectivity index is 1.59. The number of hydrogen-bond acceptors (Lipinski definition) is 4. The topological polar surface area (TPSA) is 61.4 Å². The first-order valence-corrected chi connectivity index (χ1v) is 9.49. The van der Waals surface area contributed by atoms with Crippen LogP contribution < -0.4 is 4.74 Å². The van der Waals surface area contributed by atoms with Gasteiger partial charge in [0.2, 0.25) is 0 Å². The number of likely N-dealkylation sites (N-methyl/N-ethyl adjacent to an activating group) is 1. The van der Waals surface area contributed by atoms with Crippen LogP contribution in [0.15, 0.2) is 79.4 Å². The lowest BCUT2D eigenvalue weighted by molar-refractivity contribution is 0.249. The van der Waals surface area contributed by atoms with Gasteiger partial charge in [-0.3, -0.25) is 0 Å². The van der Waals surface area contributed by atoms with Crippen molar-refractivity contribution in [2.75, 3.05) is 20.2 Å². The molecule has 6 heteroatoms. The number of aromatic nitrogens is 2. The number of aliphatic hydroxyl groups excluding tert-OH is 1. The molecule has 0 aliphatic carbocycles. The number of rotatable bonds is 9. The maximum Gasteiger partial charge on any atom is 0.142 e. The number of hydrogen-bond donors (Lipinski definition) is 2. The highest BCUT2D eigenvalue weighted by Gasteiger charge is 2.01. The maximum absolute atomic E-state index is 13.2. The van der Waals surface area contributed by atoms with Crippen molar-refractivity contribution in [1.82, 2.24) is 14.9 Å². The van der Waals surface area contributed by atoms with Gasteiger partial charge in [-0.2, -0.15) is 0 Å². The Kier molecular flexibility index (Phi) is 7.19. The summed E-state index contributed by atoms with van der Waals surface area (Å²) in [5.41, 5.74) is 3.40. The summed E-state index contributed by atoms with van der Waals surface area (Å²) in [6.45, 7) is 4.39. The van der Waals surface area contributed by atoms with Crippen LogP contribution in [0.5, 0.6) is 5.75 Å². The van der Waals surface area contributed by atoms with Crippen LogP contribution in [0.4, 0.5) is 4.39 Å². The molecule has 0 saturated heterocycles. The second-order valence-corrected chi connectivity index (χ2v) is 6.61. The van der Waals surface area contributed by atoms with Crippen LogP contribution in [0.2, 0.25) is 0 Å². The fourth-order valence-corrected chi connectivity index (χ4v) is 2.83. The highest BCUT2D eigenvalue weighted by Crippen LogP contribution is 2.18. The predicted molar refractivity (Wildman–Crippen MR) is 119 cm³/mol. The minimum absolute atomic E-state index is 0.0818. The number of fused-ring (bicyclic) bond motifs is 1. The number of H-pyrrole nitrogens is 1. The van der Waals surface area contributed by atoms with E-state index in [-0.39, 0.29) is 12.4 Å². The molecule has 0 atom stereocenters. The quantitative estimate of drug-likeness (QED) is 0.398. The summed E-state index contributed by atoms with van der Waals surface area (Å²) in [5.74, 6) is 0.362. The number of allylic oxidation sites excluding steroid dienone is 3. The Labute approximate surface area is 175 Å². The van der Waals surface area contributed by atoms with E-state index in [0.29, 0.717) is 17.9 Å². The average Bonchev–Trinajstić information content (AvgIpc) is 3.15. The standard InChI is InChI=1S/C24H24FN3O2/c1-3-22(28(2)12-13-29)5-4-14-30-23-10-7-18(8-11-23)6-9-21-16-19-15-20(25)17-26-24(19)27-21/h3-11,14-17,29H,1,12-13H2,2H3,(H,26,27)/b9-6?,14-4+,22-5+. The van der Waals surface area contributed by atoms with Gasteiger partial charge in [-0.25, -0.2) is 9.37 Å². The monoisotopic (exact) mass is 405 g/mol. The van der Waals surface area contributed by atoms with E-state index < -0.39 is 0 Å². The van der Waals surface area contributed by atoms with E-state index >= 15 is 0 Å². The molecule has 0 unspecified atom stereocenters. The molecule has 3 rings (SSSR count). The van der Waals surface area contributed by atoms with Gasteiger partial charge >= 0.3 is 0 Å². The molecule has 30 heavy (non-hydrogen) atoms. The Morgan fingerprint density at radius 1 is 1.27 bits per heavy atom. The number of aromatic amines is 1. The third-order valence-corrected chi connectivity index (χ3v) is 4.43. The van der Waals surface area contributed by atoms with Crippen LogP contribution in [0.3, 0.4) is 0 Å². The molecule has 0 amide bonds. The minimum atomic E-state index is -0.352. The van der Waals surface area contributed by atoms with Crippen LogP contribution >= 0.6 is 0 Å². The van der Waals surface area contributed by atoms with E-state index in [4.69, 9.17) is 9.84 Å². The first-order valence-electron chi connectivity index (χ1n) is 9.49. The van der Waals surface area contributed by atoms with Gasteiger partial charge in [0.25, 0.3) is 0 Å². The number of nitrogens with zero attached hydrogens (tertiary/aromatic N) is 2. The van der Waals surface area contributed by atoms with E-state index in [2.05, 4.69) is 16.5 Å². The van der Waals surface area contributed by atoms with Crippen LogP contribution in [-0.2, 0) is 0 Å². The summed E-state index contributed by atoms with van der Waals surface area (Å²) in [7, 11) is 1.88. The largest absolute Gasteiger partial charge is 0.465 e. The normalized spacial score (nSPS) is 12.2. The molecule has 0 aliphatic heterocycles. The number of nitrogens with one attached hydrogen (secondary N) is 1. The van der Waals surface area contributed by atoms with Crippen LogP contribution in [0.1, 0.15) is 11.3 Å². The number of ether oxygens (including phenoxy) is 1. The Bertz CT molecular complexity index is 1080. The summed E-state index contributed by atoms with van der Waals surface area (Å²) < 4.78 is 18.8. The summed E-state index contributed by atoms with van der Waals surface area (Å²) >= 11 is 0. The molecular formula is C24H24FN3O2. The second-order valence-electron chi connectivity index (χ2n) is 6.61. The van der Waals surface area contributed by atoms with Crippen molar-refractivity contribution in [2.24, 2.45) is 0 Å². The van der Waals surface area contributed by atoms with E-state index in [1.165, 1.54) is 12.3 Å². The molecule has 2 heterocycles. The number of pyridine rings is 1. The highest BCUT2D eigenvalue weighted by atomic mass is 19.1. The third-order valence-electron chi connectivity index (χ3n) is 4.43. The minimum Gasteiger partial charge on any atom is -0.465 e. The zero-order chi connectivity index (χ0) is 21.3. The van der Waals surface area contributed by atoms with E-state index in [0.717, 1.165) is 22.3 Å². The van der Waals surface area contributed by atoms with Gasteiger partial charge in [-0.05, 0) is 54.1 Å². The molecule has 2 N–H and O–H groups in total. The smallest absolute Gasteiger partial charge is 0.142 e. The number of halogens is 1. The Morgan fingerprint density at radius 2 is 2.07 bits per heavy atom. The van der Waals surface area contributed by atoms with E-state index in [1.54, 1.807) is 18.4 Å². The summed E-state index contributed by atoms with van der Waals surface area (Å²) in [4.78, 5) is 9.07. The lowest BCUT2D eigenvalue weighted by Gasteiger charge is -2.18. The molecule has 0 aliphatic rings. The zero-order valence-corrected chi connectivity index (χ0v) is 16.8. The van der Waals surface area contributed by atoms with Gasteiger partial charge in [-0.1, -0.05) is 24.8 Å². The molecule has 5 nitrogen and oxygen atoms in total. The summed E-state index contributed by atoms with van der Waals surface area (Å²) in [6.07, 6.45) is 12.0. The van der Waals surface area contributed by atoms with Crippen molar-refractivity contribution in [3.05, 3.63) is 96.4 Å². The molecule has 0 bridgehead atoms. The molecule has 1 aromatic carbocycles. The third kappa shape index (κ3) is 5.68. The molecular weight excluding hydrogens is 381 g/mol. The van der Waals surface area contributed by atoms with Crippen molar-refractivity contribution < 1.29 is 14.2 Å². The van der Waals surface area contributed by atoms with E-state index in [9.17, 15) is 4.39 Å². The molecule has 0 spiro atoms. The second kappa shape index (κ2) is 10.2. The van der Waals surface area contributed by atoms with Gasteiger partial charge in [0.05, 0.1) is 19.1 Å². The Morgan fingerprint density at radius 3 is 2.80 bits per heavy atom. The van der Waals surface area contributed by atoms with Crippen molar-refractivity contribution in [1.29, 1.82) is 0 Å². The van der Waals surface area contributed by atoms with Gasteiger partial charge in [0, 0.05) is 30.4 Å². The molecule has 154 valence electrons. The van der Waals surface area contributed by atoms with Crippen molar-refractivity contribution in [3.8, 4) is 5.75 Å². The predicted octanol–water partition coefficient (Wildman–Crippen LogP) is 4.76. The first kappa shape index (κ1) is 21.1. The maximum atomic E-state index is 13.2. The lowest BCUT2D eigenvalue weighted by Crippen LogP contribution is -2.20. The average molecular weight is 405 g/mol. The van der Waals surface area contributed by atoms with Gasteiger partial charge in [0.15, 0.2) is 0 Å². The molecule has 3 aromatic rings. The summed E-state index contributed by atoms with van der Waals surface area (Å²) in [6, 6.07) is 11.0. The molecule has 2 aromatic heterocycles. The fourth-order valence-electron chi connectivity index (χ4n) is 2.83. The molecule has 0 radical (unpaired) electrons. The Hall–Kier alpha value is -3.64. The van der Waals surface area contributed by atoms with Crippen molar-refractivity contribution >= 4 is 23.2 Å². The van der Waals surface area contributed by atoms with E-state index in [1.807, 2.05) is 60.5 Å². The number of benzene rings is 1. The molecule has 0 saturated carbocycles. The van der Waals surface area contributed by atoms with Crippen molar-refractivity contribution in [3.63, 3.8) is 0 Å². The fraction of sp³-hybridized carbons (Fsp3) is 0.125. The zero-order valence-electron chi connectivity index (χ0n) is 16.8. The number of aliphatic hydroxyl groups is 1. The van der Waals surface area contributed by atoms with Gasteiger partial charge in [-0.15, -0.1) is 0 Å². The van der Waals surface area contributed by atoms with Crippen LogP contribution in [-0.4, -0.2) is 40.2 Å². The van der Waals surface area contributed by atoms with Crippen LogP contribution in [0.25, 0.3) is 23.2 Å². The SMILES string of the molecule is C=C/C(=C\C=C\Oc1ccc(C=Cc2cc3cc(F)cnc3[nH]2)cc1)N(C)CCO. The first-order chi connectivity index (χ1) is 14.6. The van der Waals surface area contributed by atoms with Crippen LogP contribution in [0, 0.1) is 5.82 Å². The van der Waals surface area contributed by atoms with Gasteiger partial charge in [0.1, 0.15) is 17.2 Å². The van der Waals surface area contributed by atoms with Crippen molar-refractivity contribution in [2.45, 2.75) is 0 Å². The lowest BCUT2D eigenvalue weighted by atomic mass is 10.2.